The first-order chi connectivity index (χ1) is 8.79. The first kappa shape index (κ1) is 17.0. The Bertz CT molecular complexity index is 394. The van der Waals surface area contributed by atoms with E-state index in [1.807, 2.05) is 67.3 Å². The fraction of sp³-hybridized carbons (Fsp3) is 0.500. The summed E-state index contributed by atoms with van der Waals surface area (Å²) < 4.78 is 5.99. The van der Waals surface area contributed by atoms with Gasteiger partial charge in [0.2, 0.25) is 0 Å². The van der Waals surface area contributed by atoms with Crippen LogP contribution in [0.15, 0.2) is 26.8 Å². The summed E-state index contributed by atoms with van der Waals surface area (Å²) in [7, 11) is 11.9. The molecule has 0 aliphatic carbocycles. The minimum absolute atomic E-state index is 0.348. The lowest BCUT2D eigenvalue weighted by molar-refractivity contribution is 0.446. The molecule has 7 heteroatoms. The van der Waals surface area contributed by atoms with Gasteiger partial charge in [-0.25, -0.2) is 0 Å². The van der Waals surface area contributed by atoms with E-state index >= 15 is 0 Å². The smallest absolute Gasteiger partial charge is 0.145 e. The summed E-state index contributed by atoms with van der Waals surface area (Å²) in [4.78, 5) is 2.87. The van der Waals surface area contributed by atoms with E-state index in [9.17, 15) is 5.11 Å². The molecule has 0 saturated carbocycles. The van der Waals surface area contributed by atoms with Gasteiger partial charge in [0.25, 0.3) is 0 Å². The quantitative estimate of drug-likeness (QED) is 0.806. The van der Waals surface area contributed by atoms with Gasteiger partial charge in [-0.1, -0.05) is 0 Å². The van der Waals surface area contributed by atoms with Gasteiger partial charge in [-0.2, -0.15) is 0 Å². The lowest BCUT2D eigenvalue weighted by atomic mass is 10.3. The average molecular weight is 320 g/mol. The van der Waals surface area contributed by atoms with Gasteiger partial charge in [0.15, 0.2) is 0 Å². The summed E-state index contributed by atoms with van der Waals surface area (Å²) in [5.41, 5.74) is 0. The van der Waals surface area contributed by atoms with Gasteiger partial charge in [0.05, 0.1) is 9.79 Å². The van der Waals surface area contributed by atoms with E-state index < -0.39 is 0 Å². The molecule has 0 heterocycles. The highest BCUT2D eigenvalue weighted by Crippen LogP contribution is 2.41. The van der Waals surface area contributed by atoms with E-state index in [2.05, 4.69) is 0 Å². The summed E-state index contributed by atoms with van der Waals surface area (Å²) in [6, 6.07) is 4.04. The van der Waals surface area contributed by atoms with Gasteiger partial charge >= 0.3 is 0 Å². The van der Waals surface area contributed by atoms with Crippen molar-refractivity contribution in [1.82, 2.24) is 12.9 Å². The van der Waals surface area contributed by atoms with Crippen LogP contribution in [0.2, 0.25) is 0 Å². The first-order valence-electron chi connectivity index (χ1n) is 5.72. The van der Waals surface area contributed by atoms with Crippen molar-refractivity contribution in [3.63, 3.8) is 0 Å². The van der Waals surface area contributed by atoms with E-state index in [-0.39, 0.29) is 0 Å². The van der Waals surface area contributed by atoms with E-state index in [1.54, 1.807) is 11.9 Å². The van der Waals surface area contributed by atoms with Crippen LogP contribution in [0.3, 0.4) is 0 Å². The van der Waals surface area contributed by atoms with Crippen LogP contribution in [0.4, 0.5) is 0 Å². The SMILES string of the molecule is CN(C)Sc1cc(SN(C)C)c(O)c(SN(C)C)c1. The summed E-state index contributed by atoms with van der Waals surface area (Å²) in [5, 5.41) is 10.3. The molecule has 0 aliphatic rings. The highest BCUT2D eigenvalue weighted by atomic mass is 32.2. The maximum absolute atomic E-state index is 10.3. The maximum atomic E-state index is 10.3. The van der Waals surface area contributed by atoms with Crippen LogP contribution in [-0.4, -0.2) is 60.3 Å². The fourth-order valence-corrected chi connectivity index (χ4v) is 3.87. The summed E-state index contributed by atoms with van der Waals surface area (Å²) in [6.07, 6.45) is 0. The molecule has 0 unspecified atom stereocenters. The van der Waals surface area contributed by atoms with Crippen molar-refractivity contribution in [2.45, 2.75) is 14.7 Å². The molecule has 0 aromatic heterocycles. The Hall–Kier alpha value is -0.0500. The van der Waals surface area contributed by atoms with E-state index in [0.717, 1.165) is 14.7 Å². The highest BCUT2D eigenvalue weighted by Gasteiger charge is 2.14. The van der Waals surface area contributed by atoms with Crippen LogP contribution < -0.4 is 0 Å². The first-order valence-corrected chi connectivity index (χ1v) is 8.04. The van der Waals surface area contributed by atoms with Crippen LogP contribution >= 0.6 is 35.8 Å². The predicted molar refractivity (Wildman–Crippen MR) is 86.7 cm³/mol. The van der Waals surface area contributed by atoms with Gasteiger partial charge < -0.3 is 5.11 Å². The molecular formula is C12H21N3OS3. The molecule has 0 atom stereocenters. The molecule has 4 nitrogen and oxygen atoms in total. The van der Waals surface area contributed by atoms with Crippen molar-refractivity contribution in [3.8, 4) is 5.75 Å². The average Bonchev–Trinajstić information content (AvgIpc) is 2.22. The van der Waals surface area contributed by atoms with Gasteiger partial charge in [-0.05, 0) is 90.3 Å². The summed E-state index contributed by atoms with van der Waals surface area (Å²) in [5.74, 6) is 0.348. The standard InChI is InChI=1S/C12H21N3OS3/c1-13(2)17-9-7-10(18-14(3)4)12(16)11(8-9)19-15(5)6/h7-8,16H,1-6H3. The predicted octanol–water partition coefficient (Wildman–Crippen LogP) is 3.10. The van der Waals surface area contributed by atoms with Gasteiger partial charge in [-0.3, -0.25) is 12.9 Å². The van der Waals surface area contributed by atoms with Gasteiger partial charge in [0, 0.05) is 4.90 Å². The number of hydrogen-bond acceptors (Lipinski definition) is 7. The number of aromatic hydroxyl groups is 1. The number of phenolic OH excluding ortho intramolecular Hbond substituents is 1. The monoisotopic (exact) mass is 319 g/mol. The Kier molecular flexibility index (Phi) is 6.85. The second kappa shape index (κ2) is 7.66. The van der Waals surface area contributed by atoms with Crippen molar-refractivity contribution < 1.29 is 5.11 Å². The second-order valence-corrected chi connectivity index (χ2v) is 8.57. The summed E-state index contributed by atoms with van der Waals surface area (Å²) >= 11 is 4.70. The van der Waals surface area contributed by atoms with Gasteiger partial charge in [-0.15, -0.1) is 0 Å². The van der Waals surface area contributed by atoms with Crippen LogP contribution in [0.5, 0.6) is 5.75 Å². The molecule has 19 heavy (non-hydrogen) atoms. The van der Waals surface area contributed by atoms with Crippen molar-refractivity contribution in [3.05, 3.63) is 12.1 Å². The zero-order valence-electron chi connectivity index (χ0n) is 12.2. The lowest BCUT2D eigenvalue weighted by Crippen LogP contribution is -2.03. The van der Waals surface area contributed by atoms with E-state index in [4.69, 9.17) is 0 Å². The third kappa shape index (κ3) is 5.85. The number of phenols is 1. The van der Waals surface area contributed by atoms with Crippen LogP contribution in [0.1, 0.15) is 0 Å². The molecule has 0 aliphatic heterocycles. The van der Waals surface area contributed by atoms with Crippen LogP contribution in [0, 0.1) is 0 Å². The molecule has 108 valence electrons. The zero-order valence-corrected chi connectivity index (χ0v) is 14.6. The zero-order chi connectivity index (χ0) is 14.6. The molecule has 0 fully saturated rings. The lowest BCUT2D eigenvalue weighted by Gasteiger charge is -2.17. The Balaban J connectivity index is 3.13. The van der Waals surface area contributed by atoms with E-state index in [1.165, 1.54) is 23.9 Å². The number of hydrogen-bond donors (Lipinski definition) is 1. The highest BCUT2D eigenvalue weighted by molar-refractivity contribution is 7.98. The molecule has 1 aromatic rings. The van der Waals surface area contributed by atoms with E-state index in [0.29, 0.717) is 5.75 Å². The molecule has 1 rings (SSSR count). The molecule has 1 N–H and O–H groups in total. The fourth-order valence-electron chi connectivity index (χ4n) is 1.35. The van der Waals surface area contributed by atoms with Crippen molar-refractivity contribution in [2.75, 3.05) is 42.3 Å². The van der Waals surface area contributed by atoms with Crippen molar-refractivity contribution in [2.24, 2.45) is 0 Å². The number of benzene rings is 1. The Morgan fingerprint density at radius 3 is 1.42 bits per heavy atom. The van der Waals surface area contributed by atoms with Crippen molar-refractivity contribution in [1.29, 1.82) is 0 Å². The number of rotatable bonds is 6. The topological polar surface area (TPSA) is 30.0 Å². The third-order valence-electron chi connectivity index (χ3n) is 1.86. The molecule has 0 amide bonds. The molecular weight excluding hydrogens is 298 g/mol. The third-order valence-corrected chi connectivity index (χ3v) is 4.42. The minimum atomic E-state index is 0.348. The minimum Gasteiger partial charge on any atom is -0.505 e. The van der Waals surface area contributed by atoms with Crippen LogP contribution in [0.25, 0.3) is 0 Å². The van der Waals surface area contributed by atoms with Crippen LogP contribution in [-0.2, 0) is 0 Å². The largest absolute Gasteiger partial charge is 0.505 e. The molecule has 0 bridgehead atoms. The second-order valence-electron chi connectivity index (χ2n) is 4.48. The maximum Gasteiger partial charge on any atom is 0.145 e. The Labute approximate surface area is 128 Å². The number of nitrogens with zero attached hydrogens (tertiary/aromatic N) is 3. The normalized spacial score (nSPS) is 11.8. The van der Waals surface area contributed by atoms with Crippen molar-refractivity contribution >= 4 is 35.8 Å². The Morgan fingerprint density at radius 2 is 1.11 bits per heavy atom. The van der Waals surface area contributed by atoms with Gasteiger partial charge in [0.1, 0.15) is 5.75 Å². The molecule has 1 aromatic carbocycles. The molecule has 0 radical (unpaired) electrons. The molecule has 0 spiro atoms. The molecule has 0 saturated heterocycles. The summed E-state index contributed by atoms with van der Waals surface area (Å²) in [6.45, 7) is 0. The Morgan fingerprint density at radius 1 is 0.737 bits per heavy atom.